The summed E-state index contributed by atoms with van der Waals surface area (Å²) in [6, 6.07) is 8.43. The minimum Gasteiger partial charge on any atom is -0.507 e. The minimum atomic E-state index is -3.77. The predicted octanol–water partition coefficient (Wildman–Crippen LogP) is 3.39. The van der Waals surface area contributed by atoms with Crippen LogP contribution < -0.4 is 4.83 Å². The normalized spacial score (nSPS) is 11.8. The van der Waals surface area contributed by atoms with Crippen molar-refractivity contribution in [3.8, 4) is 5.75 Å². The van der Waals surface area contributed by atoms with Gasteiger partial charge < -0.3 is 5.11 Å². The van der Waals surface area contributed by atoms with Gasteiger partial charge in [0.15, 0.2) is 0 Å². The molecular formula is C16H17BrN2O3S. The number of nitrogens with one attached hydrogen (secondary N) is 1. The molecule has 2 aromatic rings. The van der Waals surface area contributed by atoms with Crippen LogP contribution in [-0.4, -0.2) is 19.7 Å². The molecule has 2 N–H and O–H groups in total. The van der Waals surface area contributed by atoms with Crippen LogP contribution >= 0.6 is 15.9 Å². The van der Waals surface area contributed by atoms with Crippen LogP contribution in [0.2, 0.25) is 0 Å². The van der Waals surface area contributed by atoms with Crippen LogP contribution in [-0.2, 0) is 10.0 Å². The predicted molar refractivity (Wildman–Crippen MR) is 94.4 cm³/mol. The SMILES string of the molecule is Cc1cc(C)c(S(=O)(=O)N/N=C/c2cc(Br)ccc2O)c(C)c1. The van der Waals surface area contributed by atoms with Gasteiger partial charge in [-0.1, -0.05) is 33.6 Å². The number of hydrazone groups is 1. The first-order chi connectivity index (χ1) is 10.7. The molecule has 0 bridgehead atoms. The lowest BCUT2D eigenvalue weighted by Gasteiger charge is -2.11. The van der Waals surface area contributed by atoms with Crippen LogP contribution in [0.25, 0.3) is 0 Å². The first-order valence-electron chi connectivity index (χ1n) is 6.82. The van der Waals surface area contributed by atoms with Crippen LogP contribution in [0.3, 0.4) is 0 Å². The van der Waals surface area contributed by atoms with E-state index in [1.807, 2.05) is 19.1 Å². The van der Waals surface area contributed by atoms with E-state index in [1.165, 1.54) is 12.3 Å². The van der Waals surface area contributed by atoms with E-state index in [2.05, 4.69) is 25.9 Å². The molecule has 0 spiro atoms. The molecular weight excluding hydrogens is 380 g/mol. The van der Waals surface area contributed by atoms with Crippen molar-refractivity contribution in [3.63, 3.8) is 0 Å². The molecule has 23 heavy (non-hydrogen) atoms. The molecule has 0 fully saturated rings. The Hall–Kier alpha value is -1.86. The highest BCUT2D eigenvalue weighted by Crippen LogP contribution is 2.22. The molecule has 5 nitrogen and oxygen atoms in total. The van der Waals surface area contributed by atoms with Gasteiger partial charge in [0.05, 0.1) is 11.1 Å². The van der Waals surface area contributed by atoms with Gasteiger partial charge in [0.25, 0.3) is 10.0 Å². The van der Waals surface area contributed by atoms with Gasteiger partial charge in [-0.15, -0.1) is 0 Å². The number of aryl methyl sites for hydroxylation is 3. The molecule has 0 atom stereocenters. The summed E-state index contributed by atoms with van der Waals surface area (Å²) >= 11 is 3.28. The summed E-state index contributed by atoms with van der Waals surface area (Å²) in [5.74, 6) is 0.0128. The van der Waals surface area contributed by atoms with Crippen LogP contribution in [0, 0.1) is 20.8 Å². The number of phenolic OH excluding ortho intramolecular Hbond substituents is 1. The van der Waals surface area contributed by atoms with Crippen LogP contribution in [0.1, 0.15) is 22.3 Å². The second kappa shape index (κ2) is 6.72. The molecule has 2 aromatic carbocycles. The largest absolute Gasteiger partial charge is 0.507 e. The number of nitrogens with zero attached hydrogens (tertiary/aromatic N) is 1. The zero-order valence-electron chi connectivity index (χ0n) is 13.0. The second-order valence-corrected chi connectivity index (χ2v) is 7.80. The van der Waals surface area contributed by atoms with Gasteiger partial charge in [0.1, 0.15) is 5.75 Å². The molecule has 122 valence electrons. The number of aromatic hydroxyl groups is 1. The Balaban J connectivity index is 2.29. The molecule has 0 heterocycles. The number of rotatable bonds is 4. The first-order valence-corrected chi connectivity index (χ1v) is 9.09. The van der Waals surface area contributed by atoms with Crippen molar-refractivity contribution in [2.45, 2.75) is 25.7 Å². The molecule has 0 unspecified atom stereocenters. The van der Waals surface area contributed by atoms with Crippen molar-refractivity contribution in [3.05, 3.63) is 57.1 Å². The topological polar surface area (TPSA) is 78.8 Å². The van der Waals surface area contributed by atoms with Crippen molar-refractivity contribution in [1.82, 2.24) is 4.83 Å². The third kappa shape index (κ3) is 4.11. The van der Waals surface area contributed by atoms with E-state index >= 15 is 0 Å². The maximum absolute atomic E-state index is 12.4. The first kappa shape index (κ1) is 17.5. The monoisotopic (exact) mass is 396 g/mol. The number of phenols is 1. The van der Waals surface area contributed by atoms with Crippen LogP contribution in [0.5, 0.6) is 5.75 Å². The summed E-state index contributed by atoms with van der Waals surface area (Å²) in [5.41, 5.74) is 2.73. The van der Waals surface area contributed by atoms with Gasteiger partial charge in [0, 0.05) is 10.0 Å². The Morgan fingerprint density at radius 3 is 2.35 bits per heavy atom. The lowest BCUT2D eigenvalue weighted by molar-refractivity contribution is 0.474. The fraction of sp³-hybridized carbons (Fsp3) is 0.188. The van der Waals surface area contributed by atoms with E-state index in [9.17, 15) is 13.5 Å². The zero-order valence-corrected chi connectivity index (χ0v) is 15.4. The summed E-state index contributed by atoms with van der Waals surface area (Å²) in [6.45, 7) is 5.41. The van der Waals surface area contributed by atoms with E-state index < -0.39 is 10.0 Å². The Morgan fingerprint density at radius 1 is 1.13 bits per heavy atom. The van der Waals surface area contributed by atoms with Crippen LogP contribution in [0.15, 0.2) is 44.8 Å². The fourth-order valence-corrected chi connectivity index (χ4v) is 4.06. The second-order valence-electron chi connectivity index (χ2n) is 5.28. The summed E-state index contributed by atoms with van der Waals surface area (Å²) in [4.78, 5) is 2.41. The highest BCUT2D eigenvalue weighted by molar-refractivity contribution is 9.10. The summed E-state index contributed by atoms with van der Waals surface area (Å²) in [5, 5.41) is 13.5. The smallest absolute Gasteiger partial charge is 0.277 e. The van der Waals surface area contributed by atoms with E-state index in [0.29, 0.717) is 16.7 Å². The third-order valence-corrected chi connectivity index (χ3v) is 5.26. The van der Waals surface area contributed by atoms with E-state index in [-0.39, 0.29) is 10.6 Å². The summed E-state index contributed by atoms with van der Waals surface area (Å²) < 4.78 is 25.6. The average Bonchev–Trinajstić information content (AvgIpc) is 2.41. The molecule has 0 aliphatic carbocycles. The van der Waals surface area contributed by atoms with Crippen molar-refractivity contribution >= 4 is 32.2 Å². The molecule has 0 aliphatic heterocycles. The molecule has 0 radical (unpaired) electrons. The lowest BCUT2D eigenvalue weighted by Crippen LogP contribution is -2.20. The standard InChI is InChI=1S/C16H17BrN2O3S/c1-10-6-11(2)16(12(3)7-10)23(21,22)19-18-9-13-8-14(17)4-5-15(13)20/h4-9,19-20H,1-3H3/b18-9+. The minimum absolute atomic E-state index is 0.0128. The van der Waals surface area contributed by atoms with Crippen molar-refractivity contribution in [2.75, 3.05) is 0 Å². The Kier molecular flexibility index (Phi) is 5.11. The number of benzene rings is 2. The highest BCUT2D eigenvalue weighted by atomic mass is 79.9. The lowest BCUT2D eigenvalue weighted by atomic mass is 10.1. The molecule has 0 aliphatic rings. The highest BCUT2D eigenvalue weighted by Gasteiger charge is 2.19. The maximum Gasteiger partial charge on any atom is 0.277 e. The molecule has 7 heteroatoms. The Bertz CT molecular complexity index is 854. The van der Waals surface area contributed by atoms with Crippen molar-refractivity contribution < 1.29 is 13.5 Å². The van der Waals surface area contributed by atoms with E-state index in [1.54, 1.807) is 26.0 Å². The zero-order chi connectivity index (χ0) is 17.2. The number of hydrogen-bond acceptors (Lipinski definition) is 4. The van der Waals surface area contributed by atoms with Crippen molar-refractivity contribution in [2.24, 2.45) is 5.10 Å². The number of halogens is 1. The van der Waals surface area contributed by atoms with Gasteiger partial charge in [-0.05, 0) is 50.1 Å². The van der Waals surface area contributed by atoms with Gasteiger partial charge in [-0.25, -0.2) is 4.83 Å². The fourth-order valence-electron chi connectivity index (χ4n) is 2.43. The molecule has 2 rings (SSSR count). The van der Waals surface area contributed by atoms with Gasteiger partial charge in [-0.2, -0.15) is 13.5 Å². The molecule has 0 saturated carbocycles. The maximum atomic E-state index is 12.4. The summed E-state index contributed by atoms with van der Waals surface area (Å²) in [6.07, 6.45) is 1.26. The van der Waals surface area contributed by atoms with Gasteiger partial charge in [0.2, 0.25) is 0 Å². The Labute approximate surface area is 144 Å². The average molecular weight is 397 g/mol. The number of hydrogen-bond donors (Lipinski definition) is 2. The van der Waals surface area contributed by atoms with Crippen molar-refractivity contribution in [1.29, 1.82) is 0 Å². The van der Waals surface area contributed by atoms with E-state index in [4.69, 9.17) is 0 Å². The third-order valence-electron chi connectivity index (χ3n) is 3.24. The van der Waals surface area contributed by atoms with Gasteiger partial charge >= 0.3 is 0 Å². The summed E-state index contributed by atoms with van der Waals surface area (Å²) in [7, 11) is -3.77. The number of sulfonamides is 1. The van der Waals surface area contributed by atoms with E-state index in [0.717, 1.165) is 10.0 Å². The molecule has 0 aromatic heterocycles. The quantitative estimate of drug-likeness (QED) is 0.613. The van der Waals surface area contributed by atoms with Crippen LogP contribution in [0.4, 0.5) is 0 Å². The molecule has 0 saturated heterocycles. The van der Waals surface area contributed by atoms with Gasteiger partial charge in [-0.3, -0.25) is 0 Å². The molecule has 0 amide bonds. The Morgan fingerprint density at radius 2 is 1.74 bits per heavy atom.